The van der Waals surface area contributed by atoms with Crippen LogP contribution in [0.3, 0.4) is 0 Å². The molecule has 0 N–H and O–H groups in total. The monoisotopic (exact) mass is 342 g/mol. The lowest BCUT2D eigenvalue weighted by molar-refractivity contribution is -0.140. The van der Waals surface area contributed by atoms with Gasteiger partial charge in [-0.15, -0.1) is 6.58 Å². The molecule has 1 aliphatic carbocycles. The Morgan fingerprint density at radius 1 is 1.16 bits per heavy atom. The summed E-state index contributed by atoms with van der Waals surface area (Å²) in [6, 6.07) is 7.09. The molecule has 0 unspecified atom stereocenters. The summed E-state index contributed by atoms with van der Waals surface area (Å²) in [5, 5.41) is 0. The minimum Gasteiger partial charge on any atom is -0.463 e. The first kappa shape index (κ1) is 19.0. The van der Waals surface area contributed by atoms with E-state index in [1.807, 2.05) is 6.08 Å². The number of benzene rings is 1. The lowest BCUT2D eigenvalue weighted by atomic mass is 9.80. The SMILES string of the molecule is C=CCC1CCC(C(=O)Oc2ccc(C=CC(=O)OCC)cc2)CC1. The van der Waals surface area contributed by atoms with Crippen molar-refractivity contribution in [1.82, 2.24) is 0 Å². The number of carbonyl (C=O) groups is 2. The van der Waals surface area contributed by atoms with Crippen LogP contribution in [0.4, 0.5) is 0 Å². The predicted molar refractivity (Wildman–Crippen MR) is 98.0 cm³/mol. The standard InChI is InChI=1S/C21H26O4/c1-3-5-16-6-11-18(12-7-16)21(23)25-19-13-8-17(9-14-19)10-15-20(22)24-4-2/h3,8-10,13-16,18H,1,4-7,11-12H2,2H3. The molecule has 134 valence electrons. The van der Waals surface area contributed by atoms with Crippen LogP contribution in [0, 0.1) is 11.8 Å². The van der Waals surface area contributed by atoms with Gasteiger partial charge in [0.2, 0.25) is 0 Å². The molecule has 0 atom stereocenters. The van der Waals surface area contributed by atoms with Gasteiger partial charge in [-0.25, -0.2) is 4.79 Å². The quantitative estimate of drug-likeness (QED) is 0.316. The molecule has 4 nitrogen and oxygen atoms in total. The Morgan fingerprint density at radius 3 is 2.44 bits per heavy atom. The lowest BCUT2D eigenvalue weighted by Crippen LogP contribution is -2.25. The van der Waals surface area contributed by atoms with Gasteiger partial charge in [-0.1, -0.05) is 18.2 Å². The topological polar surface area (TPSA) is 52.6 Å². The molecule has 1 saturated carbocycles. The first-order chi connectivity index (χ1) is 12.1. The highest BCUT2D eigenvalue weighted by molar-refractivity contribution is 5.87. The molecule has 1 aliphatic rings. The van der Waals surface area contributed by atoms with Gasteiger partial charge in [0.15, 0.2) is 0 Å². The van der Waals surface area contributed by atoms with Crippen LogP contribution in [0.15, 0.2) is 43.0 Å². The molecular weight excluding hydrogens is 316 g/mol. The van der Waals surface area contributed by atoms with Gasteiger partial charge >= 0.3 is 11.9 Å². The number of carbonyl (C=O) groups excluding carboxylic acids is 2. The summed E-state index contributed by atoms with van der Waals surface area (Å²) in [4.78, 5) is 23.6. The second kappa shape index (κ2) is 9.82. The van der Waals surface area contributed by atoms with Crippen LogP contribution < -0.4 is 4.74 Å². The molecule has 1 fully saturated rings. The largest absolute Gasteiger partial charge is 0.463 e. The first-order valence-electron chi connectivity index (χ1n) is 8.89. The fraction of sp³-hybridized carbons (Fsp3) is 0.429. The van der Waals surface area contributed by atoms with Gasteiger partial charge in [0, 0.05) is 6.08 Å². The van der Waals surface area contributed by atoms with E-state index in [1.54, 1.807) is 37.3 Å². The van der Waals surface area contributed by atoms with Crippen molar-refractivity contribution in [1.29, 1.82) is 0 Å². The van der Waals surface area contributed by atoms with Gasteiger partial charge in [0.1, 0.15) is 5.75 Å². The highest BCUT2D eigenvalue weighted by Crippen LogP contribution is 2.32. The van der Waals surface area contributed by atoms with Crippen LogP contribution in [0.1, 0.15) is 44.6 Å². The maximum atomic E-state index is 12.3. The fourth-order valence-corrected chi connectivity index (χ4v) is 3.07. The van der Waals surface area contributed by atoms with Crippen molar-refractivity contribution < 1.29 is 19.1 Å². The van der Waals surface area contributed by atoms with E-state index < -0.39 is 0 Å². The Hall–Kier alpha value is -2.36. The molecule has 0 radical (unpaired) electrons. The van der Waals surface area contributed by atoms with Crippen LogP contribution >= 0.6 is 0 Å². The van der Waals surface area contributed by atoms with E-state index in [0.717, 1.165) is 37.7 Å². The zero-order chi connectivity index (χ0) is 18.1. The summed E-state index contributed by atoms with van der Waals surface area (Å²) in [6.07, 6.45) is 9.93. The number of rotatable bonds is 7. The van der Waals surface area contributed by atoms with Gasteiger partial charge in [-0.05, 0) is 68.7 Å². The fourth-order valence-electron chi connectivity index (χ4n) is 3.07. The van der Waals surface area contributed by atoms with Crippen LogP contribution in [0.2, 0.25) is 0 Å². The third-order valence-electron chi connectivity index (χ3n) is 4.48. The molecule has 0 amide bonds. The van der Waals surface area contributed by atoms with Gasteiger partial charge in [-0.3, -0.25) is 4.79 Å². The van der Waals surface area contributed by atoms with Crippen molar-refractivity contribution in [3.05, 3.63) is 48.6 Å². The lowest BCUT2D eigenvalue weighted by Gasteiger charge is -2.26. The summed E-state index contributed by atoms with van der Waals surface area (Å²) >= 11 is 0. The van der Waals surface area contributed by atoms with Gasteiger partial charge in [0.25, 0.3) is 0 Å². The summed E-state index contributed by atoms with van der Waals surface area (Å²) in [5.74, 6) is 0.667. The molecule has 0 saturated heterocycles. The van der Waals surface area contributed by atoms with Crippen LogP contribution in [0.5, 0.6) is 5.75 Å². The van der Waals surface area contributed by atoms with Crippen molar-refractivity contribution in [3.8, 4) is 5.75 Å². The molecule has 0 aliphatic heterocycles. The average Bonchev–Trinajstić information content (AvgIpc) is 2.62. The van der Waals surface area contributed by atoms with Crippen LogP contribution in [-0.2, 0) is 14.3 Å². The molecule has 0 heterocycles. The third-order valence-corrected chi connectivity index (χ3v) is 4.48. The highest BCUT2D eigenvalue weighted by Gasteiger charge is 2.27. The summed E-state index contributed by atoms with van der Waals surface area (Å²) in [7, 11) is 0. The molecule has 0 spiro atoms. The van der Waals surface area contributed by atoms with E-state index >= 15 is 0 Å². The van der Waals surface area contributed by atoms with Crippen molar-refractivity contribution in [2.75, 3.05) is 6.61 Å². The van der Waals surface area contributed by atoms with Crippen molar-refractivity contribution in [2.45, 2.75) is 39.0 Å². The average molecular weight is 342 g/mol. The van der Waals surface area contributed by atoms with Crippen molar-refractivity contribution in [3.63, 3.8) is 0 Å². The molecule has 4 heteroatoms. The van der Waals surface area contributed by atoms with Crippen LogP contribution in [0.25, 0.3) is 6.08 Å². The van der Waals surface area contributed by atoms with E-state index in [2.05, 4.69) is 6.58 Å². The number of ether oxygens (including phenoxy) is 2. The maximum Gasteiger partial charge on any atom is 0.330 e. The van der Waals surface area contributed by atoms with Crippen molar-refractivity contribution >= 4 is 18.0 Å². The Bertz CT molecular complexity index is 607. The molecule has 25 heavy (non-hydrogen) atoms. The van der Waals surface area contributed by atoms with Crippen LogP contribution in [-0.4, -0.2) is 18.5 Å². The second-order valence-corrected chi connectivity index (χ2v) is 6.32. The minimum absolute atomic E-state index is 0.00977. The summed E-state index contributed by atoms with van der Waals surface area (Å²) in [6.45, 7) is 5.90. The Balaban J connectivity index is 1.83. The number of hydrogen-bond acceptors (Lipinski definition) is 4. The zero-order valence-corrected chi connectivity index (χ0v) is 14.8. The van der Waals surface area contributed by atoms with E-state index in [0.29, 0.717) is 18.3 Å². The Kier molecular flexibility index (Phi) is 7.45. The molecule has 1 aromatic rings. The highest BCUT2D eigenvalue weighted by atomic mass is 16.5. The van der Waals surface area contributed by atoms with Gasteiger partial charge < -0.3 is 9.47 Å². The normalized spacial score (nSPS) is 20.2. The molecule has 2 rings (SSSR count). The molecule has 0 aromatic heterocycles. The smallest absolute Gasteiger partial charge is 0.330 e. The predicted octanol–water partition coefficient (Wildman–Crippen LogP) is 4.55. The zero-order valence-electron chi connectivity index (χ0n) is 14.8. The van der Waals surface area contributed by atoms with Crippen molar-refractivity contribution in [2.24, 2.45) is 11.8 Å². The number of hydrogen-bond donors (Lipinski definition) is 0. The van der Waals surface area contributed by atoms with Gasteiger partial charge in [-0.2, -0.15) is 0 Å². The maximum absolute atomic E-state index is 12.3. The minimum atomic E-state index is -0.370. The van der Waals surface area contributed by atoms with E-state index in [4.69, 9.17) is 9.47 Å². The summed E-state index contributed by atoms with van der Waals surface area (Å²) < 4.78 is 10.3. The van der Waals surface area contributed by atoms with E-state index in [1.165, 1.54) is 6.08 Å². The number of allylic oxidation sites excluding steroid dienone is 1. The van der Waals surface area contributed by atoms with E-state index in [9.17, 15) is 9.59 Å². The Labute approximate surface area is 149 Å². The third kappa shape index (κ3) is 6.22. The summed E-state index contributed by atoms with van der Waals surface area (Å²) in [5.41, 5.74) is 0.845. The number of esters is 2. The first-order valence-corrected chi connectivity index (χ1v) is 8.89. The Morgan fingerprint density at radius 2 is 1.84 bits per heavy atom. The second-order valence-electron chi connectivity index (χ2n) is 6.32. The molecule has 1 aromatic carbocycles. The molecular formula is C21H26O4. The van der Waals surface area contributed by atoms with E-state index in [-0.39, 0.29) is 17.9 Å². The molecule has 0 bridgehead atoms. The van der Waals surface area contributed by atoms with Gasteiger partial charge in [0.05, 0.1) is 12.5 Å².